The van der Waals surface area contributed by atoms with Crippen molar-refractivity contribution in [1.29, 1.82) is 0 Å². The van der Waals surface area contributed by atoms with Gasteiger partial charge < -0.3 is 24.6 Å². The number of aryl methyl sites for hydroxylation is 3. The lowest BCUT2D eigenvalue weighted by atomic mass is 9.91. The van der Waals surface area contributed by atoms with Crippen molar-refractivity contribution in [2.75, 3.05) is 19.8 Å². The maximum Gasteiger partial charge on any atom is 0.419 e. The molecular weight excluding hydrogens is 482 g/mol. The Morgan fingerprint density at radius 3 is 2.33 bits per heavy atom. The molecule has 0 aromatic heterocycles. The number of rotatable bonds is 9. The molecule has 0 spiro atoms. The molecule has 1 saturated heterocycles. The average Bonchev–Trinajstić information content (AvgIpc) is 2.79. The van der Waals surface area contributed by atoms with Crippen molar-refractivity contribution in [2.24, 2.45) is 0 Å². The van der Waals surface area contributed by atoms with Gasteiger partial charge in [0, 0.05) is 0 Å². The molecule has 3 rings (SSSR count). The summed E-state index contributed by atoms with van der Waals surface area (Å²) < 4.78 is 71.4. The Balaban J connectivity index is 1.65. The lowest BCUT2D eigenvalue weighted by Crippen LogP contribution is -2.61. The highest BCUT2D eigenvalue weighted by atomic mass is 19.4. The third kappa shape index (κ3) is 7.57. The molecule has 1 aliphatic rings. The topological polar surface area (TPSA) is 77.0 Å². The minimum Gasteiger partial charge on any atom is -0.493 e. The zero-order valence-electron chi connectivity index (χ0n) is 20.5. The van der Waals surface area contributed by atoms with Crippen molar-refractivity contribution >= 4 is 6.09 Å². The van der Waals surface area contributed by atoms with Crippen LogP contribution in [0.3, 0.4) is 0 Å². The number of ether oxygens (including phenoxy) is 3. The predicted molar refractivity (Wildman–Crippen MR) is 125 cm³/mol. The van der Waals surface area contributed by atoms with Crippen molar-refractivity contribution in [1.82, 2.24) is 5.32 Å². The van der Waals surface area contributed by atoms with E-state index >= 15 is 0 Å². The zero-order chi connectivity index (χ0) is 26.6. The zero-order valence-corrected chi connectivity index (χ0v) is 20.5. The fourth-order valence-electron chi connectivity index (χ4n) is 4.00. The average molecular weight is 514 g/mol. The van der Waals surface area contributed by atoms with Gasteiger partial charge in [-0.2, -0.15) is 13.2 Å². The van der Waals surface area contributed by atoms with E-state index in [4.69, 9.17) is 14.2 Å². The molecule has 2 aromatic carbocycles. The summed E-state index contributed by atoms with van der Waals surface area (Å²) in [5, 5.41) is 11.7. The largest absolute Gasteiger partial charge is 0.493 e. The molecule has 1 fully saturated rings. The monoisotopic (exact) mass is 513 g/mol. The highest BCUT2D eigenvalue weighted by molar-refractivity contribution is 5.65. The molecule has 0 aliphatic carbocycles. The summed E-state index contributed by atoms with van der Waals surface area (Å²) in [5.74, 6) is -1.45. The number of carboxylic acid groups (broad SMARTS) is 1. The lowest BCUT2D eigenvalue weighted by Gasteiger charge is -2.43. The van der Waals surface area contributed by atoms with Crippen LogP contribution < -0.4 is 10.1 Å². The van der Waals surface area contributed by atoms with Gasteiger partial charge in [0.2, 0.25) is 0 Å². The van der Waals surface area contributed by atoms with Gasteiger partial charge in [0.15, 0.2) is 5.79 Å². The van der Waals surface area contributed by atoms with Crippen molar-refractivity contribution in [3.05, 3.63) is 64.5 Å². The number of carbonyl (C=O) groups is 1. The summed E-state index contributed by atoms with van der Waals surface area (Å²) in [6, 6.07) is 8.58. The van der Waals surface area contributed by atoms with Gasteiger partial charge in [-0.25, -0.2) is 9.18 Å². The quantitative estimate of drug-likeness (QED) is 0.323. The first-order chi connectivity index (χ1) is 16.8. The molecule has 0 unspecified atom stereocenters. The third-order valence-electron chi connectivity index (χ3n) is 6.10. The van der Waals surface area contributed by atoms with Crippen LogP contribution in [0.1, 0.15) is 48.9 Å². The van der Waals surface area contributed by atoms with Crippen LogP contribution in [0.25, 0.3) is 0 Å². The van der Waals surface area contributed by atoms with Gasteiger partial charge in [0.25, 0.3) is 0 Å². The minimum atomic E-state index is -4.63. The van der Waals surface area contributed by atoms with E-state index in [0.717, 1.165) is 11.6 Å². The van der Waals surface area contributed by atoms with Crippen molar-refractivity contribution in [3.63, 3.8) is 0 Å². The Morgan fingerprint density at radius 2 is 1.72 bits per heavy atom. The smallest absolute Gasteiger partial charge is 0.419 e. The van der Waals surface area contributed by atoms with Gasteiger partial charge in [-0.3, -0.25) is 0 Å². The number of hydrogen-bond donors (Lipinski definition) is 2. The van der Waals surface area contributed by atoms with Gasteiger partial charge >= 0.3 is 12.3 Å². The molecule has 1 aliphatic heterocycles. The summed E-state index contributed by atoms with van der Waals surface area (Å²) in [7, 11) is 0. The summed E-state index contributed by atoms with van der Waals surface area (Å²) in [4.78, 5) is 11.3. The molecule has 6 nitrogen and oxygen atoms in total. The van der Waals surface area contributed by atoms with E-state index in [0.29, 0.717) is 24.0 Å². The molecule has 2 aromatic rings. The van der Waals surface area contributed by atoms with E-state index in [1.807, 2.05) is 0 Å². The number of benzene rings is 2. The van der Waals surface area contributed by atoms with Crippen LogP contribution in [-0.2, 0) is 28.5 Å². The van der Waals surface area contributed by atoms with Crippen LogP contribution in [0.4, 0.5) is 22.4 Å². The maximum absolute atomic E-state index is 13.8. The van der Waals surface area contributed by atoms with E-state index in [2.05, 4.69) is 5.32 Å². The molecule has 1 amide bonds. The second kappa shape index (κ2) is 11.0. The Hall–Kier alpha value is -2.85. The third-order valence-corrected chi connectivity index (χ3v) is 6.10. The maximum atomic E-state index is 13.8. The highest BCUT2D eigenvalue weighted by Crippen LogP contribution is 2.37. The van der Waals surface area contributed by atoms with Crippen LogP contribution in [-0.4, -0.2) is 42.3 Å². The SMILES string of the molecule is Cc1cc(CCCOc2ccc(CCC3(NC(=O)O)COC(C)(C)OC3)cc2C(F)(F)F)ccc1F. The second-order valence-corrected chi connectivity index (χ2v) is 9.55. The molecule has 0 bridgehead atoms. The van der Waals surface area contributed by atoms with Gasteiger partial charge in [-0.05, 0) is 81.3 Å². The van der Waals surface area contributed by atoms with Gasteiger partial charge in [-0.15, -0.1) is 0 Å². The molecule has 36 heavy (non-hydrogen) atoms. The molecule has 0 atom stereocenters. The summed E-state index contributed by atoms with van der Waals surface area (Å²) in [6.45, 7) is 5.19. The number of nitrogens with one attached hydrogen (secondary N) is 1. The van der Waals surface area contributed by atoms with Gasteiger partial charge in [0.1, 0.15) is 11.6 Å². The number of halogens is 4. The Labute approximate surface area is 207 Å². The number of amides is 1. The van der Waals surface area contributed by atoms with Crippen molar-refractivity contribution < 1.29 is 41.7 Å². The number of hydrogen-bond acceptors (Lipinski definition) is 4. The van der Waals surface area contributed by atoms with Crippen molar-refractivity contribution in [3.8, 4) is 5.75 Å². The Kier molecular flexibility index (Phi) is 8.51. The first-order valence-electron chi connectivity index (χ1n) is 11.7. The van der Waals surface area contributed by atoms with Crippen LogP contribution in [0.15, 0.2) is 36.4 Å². The van der Waals surface area contributed by atoms with Gasteiger partial charge in [-0.1, -0.05) is 18.2 Å². The van der Waals surface area contributed by atoms with Crippen LogP contribution in [0.2, 0.25) is 0 Å². The van der Waals surface area contributed by atoms with Crippen molar-refractivity contribution in [2.45, 2.75) is 64.0 Å². The van der Waals surface area contributed by atoms with Crippen LogP contribution >= 0.6 is 0 Å². The van der Waals surface area contributed by atoms with E-state index in [1.54, 1.807) is 32.9 Å². The van der Waals surface area contributed by atoms with E-state index < -0.39 is 29.2 Å². The Morgan fingerprint density at radius 1 is 1.08 bits per heavy atom. The molecule has 10 heteroatoms. The lowest BCUT2D eigenvalue weighted by molar-refractivity contribution is -0.271. The molecule has 1 heterocycles. The number of alkyl halides is 3. The first-order valence-corrected chi connectivity index (χ1v) is 11.7. The fourth-order valence-corrected chi connectivity index (χ4v) is 4.00. The molecule has 2 N–H and O–H groups in total. The van der Waals surface area contributed by atoms with E-state index in [9.17, 15) is 27.5 Å². The molecule has 0 saturated carbocycles. The second-order valence-electron chi connectivity index (χ2n) is 9.55. The van der Waals surface area contributed by atoms with Crippen LogP contribution in [0, 0.1) is 12.7 Å². The van der Waals surface area contributed by atoms with Gasteiger partial charge in [0.05, 0.1) is 30.9 Å². The molecule has 198 valence electrons. The Bertz CT molecular complexity index is 1060. The minimum absolute atomic E-state index is 0.0349. The summed E-state index contributed by atoms with van der Waals surface area (Å²) >= 11 is 0. The van der Waals surface area contributed by atoms with Crippen LogP contribution in [0.5, 0.6) is 5.75 Å². The van der Waals surface area contributed by atoms with E-state index in [-0.39, 0.29) is 44.2 Å². The standard InChI is InChI=1S/C26H31F4NO5/c1-17-13-18(6-8-21(17)27)5-4-12-34-22-9-7-19(14-20(22)26(28,29)30)10-11-25(31-23(32)33)15-35-24(2,3)36-16-25/h6-9,13-14,31H,4-5,10-12,15-16H2,1-3H3,(H,32,33). The molecule has 0 radical (unpaired) electrons. The molecular formula is C26H31F4NO5. The predicted octanol–water partition coefficient (Wildman–Crippen LogP) is 5.89. The summed E-state index contributed by atoms with van der Waals surface area (Å²) in [5.41, 5.74) is -0.193. The summed E-state index contributed by atoms with van der Waals surface area (Å²) in [6.07, 6.45) is -4.54. The normalized spacial score (nSPS) is 17.0. The van der Waals surface area contributed by atoms with E-state index in [1.165, 1.54) is 18.2 Å². The highest BCUT2D eigenvalue weighted by Gasteiger charge is 2.41. The first kappa shape index (κ1) is 27.7. The fraction of sp³-hybridized carbons (Fsp3) is 0.500.